The van der Waals surface area contributed by atoms with Crippen molar-refractivity contribution >= 4 is 29.5 Å². The standard InChI is InChI=1S/C42H68N4O8/c1-11-28(4)37(45(7)40(50)31(27(2)3)25-35(47)42(6)21-15-16-22-43-42)34(52-8)26-36(48)46-23-17-20-33(46)38(53-9)29(5)39(49)44-32(41(51)54-10)24-30-18-13-12-14-19-30/h12-14,18-19,27-29,31-34,37-38,43H,11,15-17,20-26H2,1-10H3,(H,44,49)/t28-,29+,31-,32-,33-,34+,37-,38+,42-/m0/s1. The number of Topliss-reactive ketones (excluding diaryl/α,β-unsaturated/α-hetero) is 1. The Hall–Kier alpha value is -3.35. The summed E-state index contributed by atoms with van der Waals surface area (Å²) in [5.74, 6) is -2.36. The van der Waals surface area contributed by atoms with Crippen molar-refractivity contribution in [2.24, 2.45) is 23.7 Å². The monoisotopic (exact) mass is 757 g/mol. The van der Waals surface area contributed by atoms with Gasteiger partial charge in [-0.1, -0.05) is 71.4 Å². The molecule has 2 aliphatic rings. The molecular formula is C42H68N4O8. The molecule has 1 aromatic rings. The molecule has 0 radical (unpaired) electrons. The highest BCUT2D eigenvalue weighted by Crippen LogP contribution is 2.32. The fraction of sp³-hybridized carbons (Fsp3) is 0.738. The van der Waals surface area contributed by atoms with Crippen molar-refractivity contribution in [1.29, 1.82) is 0 Å². The zero-order chi connectivity index (χ0) is 40.2. The number of amides is 3. The molecule has 304 valence electrons. The van der Waals surface area contributed by atoms with Crippen molar-refractivity contribution in [3.8, 4) is 0 Å². The summed E-state index contributed by atoms with van der Waals surface area (Å²) in [5, 5.41) is 6.27. The van der Waals surface area contributed by atoms with Gasteiger partial charge in [0.15, 0.2) is 5.78 Å². The zero-order valence-corrected chi connectivity index (χ0v) is 34.5. The predicted octanol–water partition coefficient (Wildman–Crippen LogP) is 4.57. The summed E-state index contributed by atoms with van der Waals surface area (Å²) in [6.07, 6.45) is 4.15. The number of likely N-dealkylation sites (N-methyl/N-ethyl adjacent to an activating group) is 1. The summed E-state index contributed by atoms with van der Waals surface area (Å²) >= 11 is 0. The first-order chi connectivity index (χ1) is 25.6. The van der Waals surface area contributed by atoms with Crippen LogP contribution in [0, 0.1) is 23.7 Å². The van der Waals surface area contributed by atoms with Crippen LogP contribution in [-0.4, -0.2) is 117 Å². The molecule has 3 amide bonds. The summed E-state index contributed by atoms with van der Waals surface area (Å²) in [5.41, 5.74) is 0.254. The highest BCUT2D eigenvalue weighted by molar-refractivity contribution is 5.92. The van der Waals surface area contributed by atoms with Gasteiger partial charge in [0.1, 0.15) is 6.04 Å². The Kier molecular flexibility index (Phi) is 17.6. The number of carbonyl (C=O) groups excluding carboxylic acids is 5. The Morgan fingerprint density at radius 1 is 0.981 bits per heavy atom. The molecule has 0 unspecified atom stereocenters. The topological polar surface area (TPSA) is 144 Å². The summed E-state index contributed by atoms with van der Waals surface area (Å²) in [6.45, 7) is 13.1. The van der Waals surface area contributed by atoms with E-state index in [1.165, 1.54) is 14.2 Å². The first kappa shape index (κ1) is 45.0. The van der Waals surface area contributed by atoms with Crippen molar-refractivity contribution in [2.75, 3.05) is 41.5 Å². The Morgan fingerprint density at radius 2 is 1.67 bits per heavy atom. The van der Waals surface area contributed by atoms with Gasteiger partial charge < -0.3 is 34.6 Å². The summed E-state index contributed by atoms with van der Waals surface area (Å²) in [7, 11) is 6.18. The van der Waals surface area contributed by atoms with Crippen molar-refractivity contribution in [3.63, 3.8) is 0 Å². The van der Waals surface area contributed by atoms with Crippen molar-refractivity contribution < 1.29 is 38.2 Å². The van der Waals surface area contributed by atoms with Crippen molar-refractivity contribution in [1.82, 2.24) is 20.4 Å². The number of carbonyl (C=O) groups is 5. The van der Waals surface area contributed by atoms with Gasteiger partial charge in [-0.2, -0.15) is 0 Å². The smallest absolute Gasteiger partial charge is 0.328 e. The van der Waals surface area contributed by atoms with E-state index < -0.39 is 47.6 Å². The van der Waals surface area contributed by atoms with E-state index in [4.69, 9.17) is 14.2 Å². The lowest BCUT2D eigenvalue weighted by Crippen LogP contribution is -2.56. The SMILES string of the molecule is CC[C@H](C)[C@@H]([C@@H](CC(=O)N1CCC[C@H]1[C@H](OC)[C@@H](C)C(=O)N[C@@H](Cc1ccccc1)C(=O)OC)OC)N(C)C(=O)[C@@H](CC(=O)[C@]1(C)CCCCN1)C(C)C. The zero-order valence-electron chi connectivity index (χ0n) is 34.5. The minimum atomic E-state index is -0.883. The number of likely N-dealkylation sites (tertiary alicyclic amines) is 1. The molecular weight excluding hydrogens is 688 g/mol. The van der Waals surface area contributed by atoms with Gasteiger partial charge >= 0.3 is 5.97 Å². The lowest BCUT2D eigenvalue weighted by molar-refractivity contribution is -0.150. The maximum Gasteiger partial charge on any atom is 0.328 e. The quantitative estimate of drug-likeness (QED) is 0.183. The van der Waals surface area contributed by atoms with Gasteiger partial charge in [-0.3, -0.25) is 19.2 Å². The van der Waals surface area contributed by atoms with Crippen LogP contribution < -0.4 is 10.6 Å². The van der Waals surface area contributed by atoms with E-state index in [1.54, 1.807) is 30.9 Å². The molecule has 0 aliphatic carbocycles. The van der Waals surface area contributed by atoms with E-state index in [1.807, 2.05) is 51.1 Å². The fourth-order valence-corrected chi connectivity index (χ4v) is 8.38. The van der Waals surface area contributed by atoms with Gasteiger partial charge in [-0.05, 0) is 63.0 Å². The van der Waals surface area contributed by atoms with Crippen LogP contribution in [0.3, 0.4) is 0 Å². The number of ether oxygens (including phenoxy) is 3. The number of benzene rings is 1. The summed E-state index contributed by atoms with van der Waals surface area (Å²) in [6, 6.07) is 7.73. The average Bonchev–Trinajstić information content (AvgIpc) is 3.65. The van der Waals surface area contributed by atoms with Gasteiger partial charge in [-0.15, -0.1) is 0 Å². The van der Waals surface area contributed by atoms with E-state index in [0.29, 0.717) is 13.0 Å². The molecule has 0 aromatic heterocycles. The normalized spacial score (nSPS) is 22.7. The number of rotatable bonds is 20. The summed E-state index contributed by atoms with van der Waals surface area (Å²) in [4.78, 5) is 72.0. The molecule has 2 heterocycles. The highest BCUT2D eigenvalue weighted by atomic mass is 16.5. The number of nitrogens with one attached hydrogen (secondary N) is 2. The Bertz CT molecular complexity index is 1380. The number of esters is 1. The number of ketones is 1. The Labute approximate surface area is 323 Å². The van der Waals surface area contributed by atoms with E-state index in [9.17, 15) is 24.0 Å². The van der Waals surface area contributed by atoms with Gasteiger partial charge in [-0.25, -0.2) is 4.79 Å². The lowest BCUT2D eigenvalue weighted by Gasteiger charge is -2.41. The van der Waals surface area contributed by atoms with E-state index in [0.717, 1.165) is 44.2 Å². The van der Waals surface area contributed by atoms with E-state index >= 15 is 0 Å². The van der Waals surface area contributed by atoms with Crippen LogP contribution in [0.15, 0.2) is 30.3 Å². The van der Waals surface area contributed by atoms with Crippen LogP contribution in [-0.2, 0) is 44.6 Å². The molecule has 2 saturated heterocycles. The molecule has 54 heavy (non-hydrogen) atoms. The van der Waals surface area contributed by atoms with Gasteiger partial charge in [0.25, 0.3) is 0 Å². The predicted molar refractivity (Wildman–Crippen MR) is 208 cm³/mol. The number of hydrogen-bond donors (Lipinski definition) is 2. The van der Waals surface area contributed by atoms with Crippen molar-refractivity contribution in [3.05, 3.63) is 35.9 Å². The van der Waals surface area contributed by atoms with E-state index in [2.05, 4.69) is 24.5 Å². The molecule has 3 rings (SSSR count). The minimum Gasteiger partial charge on any atom is -0.467 e. The second kappa shape index (κ2) is 21.1. The highest BCUT2D eigenvalue weighted by Gasteiger charge is 2.44. The van der Waals surface area contributed by atoms with Crippen LogP contribution >= 0.6 is 0 Å². The number of methoxy groups -OCH3 is 3. The van der Waals surface area contributed by atoms with Crippen LogP contribution in [0.4, 0.5) is 0 Å². The second-order valence-electron chi connectivity index (χ2n) is 16.1. The maximum atomic E-state index is 14.3. The third-order valence-electron chi connectivity index (χ3n) is 12.1. The molecule has 12 heteroatoms. The first-order valence-electron chi connectivity index (χ1n) is 20.0. The molecule has 2 N–H and O–H groups in total. The number of hydrogen-bond acceptors (Lipinski definition) is 9. The van der Waals surface area contributed by atoms with E-state index in [-0.39, 0.29) is 60.6 Å². The third kappa shape index (κ3) is 11.4. The first-order valence-corrected chi connectivity index (χ1v) is 20.0. The van der Waals surface area contributed by atoms with Crippen molar-refractivity contribution in [2.45, 2.75) is 135 Å². The summed E-state index contributed by atoms with van der Waals surface area (Å²) < 4.78 is 17.0. The molecule has 2 aliphatic heterocycles. The van der Waals surface area contributed by atoms with Crippen LogP contribution in [0.25, 0.3) is 0 Å². The maximum absolute atomic E-state index is 14.3. The number of nitrogens with zero attached hydrogens (tertiary/aromatic N) is 2. The van der Waals surface area contributed by atoms with Crippen LogP contribution in [0.1, 0.15) is 98.5 Å². The average molecular weight is 757 g/mol. The second-order valence-corrected chi connectivity index (χ2v) is 16.1. The molecule has 2 fully saturated rings. The molecule has 9 atom stereocenters. The molecule has 1 aromatic carbocycles. The third-order valence-corrected chi connectivity index (χ3v) is 12.1. The van der Waals surface area contributed by atoms with Gasteiger partial charge in [0, 0.05) is 46.6 Å². The number of piperidine rings is 1. The Morgan fingerprint density at radius 3 is 2.22 bits per heavy atom. The van der Waals surface area contributed by atoms with Gasteiger partial charge in [0.2, 0.25) is 17.7 Å². The molecule has 0 saturated carbocycles. The van der Waals surface area contributed by atoms with Crippen LogP contribution in [0.5, 0.6) is 0 Å². The van der Waals surface area contributed by atoms with Gasteiger partial charge in [0.05, 0.1) is 49.3 Å². The fourth-order valence-electron chi connectivity index (χ4n) is 8.38. The largest absolute Gasteiger partial charge is 0.467 e. The molecule has 0 spiro atoms. The lowest BCUT2D eigenvalue weighted by atomic mass is 9.79. The minimum absolute atomic E-state index is 0.00111. The Balaban J connectivity index is 1.77. The molecule has 12 nitrogen and oxygen atoms in total. The van der Waals surface area contributed by atoms with Crippen LogP contribution in [0.2, 0.25) is 0 Å². The molecule has 0 bridgehead atoms.